The van der Waals surface area contributed by atoms with Crippen molar-refractivity contribution in [3.05, 3.63) is 94.5 Å². The van der Waals surface area contributed by atoms with Crippen LogP contribution in [0.15, 0.2) is 66.7 Å². The minimum absolute atomic E-state index is 0.0896. The fraction of sp³-hybridized carbons (Fsp3) is 0.250. The van der Waals surface area contributed by atoms with Crippen LogP contribution in [0.5, 0.6) is 0 Å². The molecule has 35 heavy (non-hydrogen) atoms. The molecule has 0 saturated heterocycles. The van der Waals surface area contributed by atoms with E-state index in [0.717, 1.165) is 17.5 Å². The molecular weight excluding hydrogens is 438 g/mol. The van der Waals surface area contributed by atoms with Crippen LogP contribution >= 0.6 is 0 Å². The predicted molar refractivity (Wildman–Crippen MR) is 137 cm³/mol. The van der Waals surface area contributed by atoms with Crippen molar-refractivity contribution in [3.8, 4) is 6.07 Å². The van der Waals surface area contributed by atoms with Crippen LogP contribution in [0.1, 0.15) is 52.0 Å². The summed E-state index contributed by atoms with van der Waals surface area (Å²) >= 11 is 0. The van der Waals surface area contributed by atoms with Gasteiger partial charge in [-0.1, -0.05) is 37.3 Å². The number of nitrogens with zero attached hydrogens (tertiary/aromatic N) is 2. The van der Waals surface area contributed by atoms with E-state index in [2.05, 4.69) is 23.6 Å². The van der Waals surface area contributed by atoms with Gasteiger partial charge in [0.05, 0.1) is 17.7 Å². The quantitative estimate of drug-likeness (QED) is 0.461. The molecule has 1 aliphatic heterocycles. The van der Waals surface area contributed by atoms with E-state index in [1.807, 2.05) is 53.4 Å². The topological polar surface area (TPSA) is 111 Å². The third-order valence-electron chi connectivity index (χ3n) is 6.30. The Morgan fingerprint density at radius 3 is 2.40 bits per heavy atom. The van der Waals surface area contributed by atoms with E-state index >= 15 is 0 Å². The Bertz CT molecular complexity index is 1250. The second-order valence-electron chi connectivity index (χ2n) is 8.60. The lowest BCUT2D eigenvalue weighted by Crippen LogP contribution is -2.41. The molecule has 0 aromatic heterocycles. The van der Waals surface area contributed by atoms with Crippen LogP contribution in [0.25, 0.3) is 0 Å². The molecule has 0 bridgehead atoms. The molecule has 3 aromatic carbocycles. The standard InChI is InChI=1S/C28H29N5O2/c1-2-19-6-11-23(12-7-19)31-28(35)32-24-13-10-22-16-26(21-8-4-20(18-30)5-9-21)33(15-3-14-29)27(34)25(22)17-24/h4-13,17,26H,2-3,14-16,29H2,1H3,(H2,31,32,35). The van der Waals surface area contributed by atoms with Crippen LogP contribution in [-0.4, -0.2) is 29.9 Å². The zero-order chi connectivity index (χ0) is 24.8. The third kappa shape index (κ3) is 5.51. The van der Waals surface area contributed by atoms with Crippen LogP contribution in [-0.2, 0) is 12.8 Å². The molecule has 0 aliphatic carbocycles. The van der Waals surface area contributed by atoms with Crippen molar-refractivity contribution in [2.24, 2.45) is 5.73 Å². The highest BCUT2D eigenvalue weighted by molar-refractivity contribution is 6.02. The third-order valence-corrected chi connectivity index (χ3v) is 6.30. The van der Waals surface area contributed by atoms with E-state index in [1.54, 1.807) is 18.2 Å². The molecule has 4 N–H and O–H groups in total. The maximum absolute atomic E-state index is 13.5. The molecule has 1 unspecified atom stereocenters. The zero-order valence-corrected chi connectivity index (χ0v) is 19.8. The average Bonchev–Trinajstić information content (AvgIpc) is 2.89. The van der Waals surface area contributed by atoms with E-state index in [0.29, 0.717) is 48.4 Å². The van der Waals surface area contributed by atoms with Crippen LogP contribution in [0.2, 0.25) is 0 Å². The van der Waals surface area contributed by atoms with Gasteiger partial charge in [-0.25, -0.2) is 4.79 Å². The summed E-state index contributed by atoms with van der Waals surface area (Å²) in [6, 6.07) is 22.1. The van der Waals surface area contributed by atoms with Gasteiger partial charge in [-0.2, -0.15) is 5.26 Å². The molecule has 3 aromatic rings. The van der Waals surface area contributed by atoms with Crippen LogP contribution < -0.4 is 16.4 Å². The Morgan fingerprint density at radius 1 is 1.06 bits per heavy atom. The first-order chi connectivity index (χ1) is 17.0. The number of carbonyl (C=O) groups is 2. The van der Waals surface area contributed by atoms with E-state index in [-0.39, 0.29) is 18.0 Å². The number of carbonyl (C=O) groups excluding carboxylic acids is 2. The summed E-state index contributed by atoms with van der Waals surface area (Å²) in [4.78, 5) is 27.9. The average molecular weight is 468 g/mol. The molecule has 1 heterocycles. The molecule has 0 saturated carbocycles. The fourth-order valence-corrected chi connectivity index (χ4v) is 4.36. The molecule has 7 nitrogen and oxygen atoms in total. The molecule has 7 heteroatoms. The van der Waals surface area contributed by atoms with Crippen molar-refractivity contribution >= 4 is 23.3 Å². The number of hydrogen-bond donors (Lipinski definition) is 3. The lowest BCUT2D eigenvalue weighted by atomic mass is 9.88. The number of benzene rings is 3. The maximum Gasteiger partial charge on any atom is 0.323 e. The fourth-order valence-electron chi connectivity index (χ4n) is 4.36. The lowest BCUT2D eigenvalue weighted by molar-refractivity contribution is 0.0646. The van der Waals surface area contributed by atoms with Gasteiger partial charge in [-0.05, 0) is 78.9 Å². The summed E-state index contributed by atoms with van der Waals surface area (Å²) in [5.41, 5.74) is 11.3. The van der Waals surface area contributed by atoms with Gasteiger partial charge in [0.25, 0.3) is 5.91 Å². The summed E-state index contributed by atoms with van der Waals surface area (Å²) in [5.74, 6) is -0.0896. The number of nitrogens with one attached hydrogen (secondary N) is 2. The van der Waals surface area contributed by atoms with E-state index in [1.165, 1.54) is 5.56 Å². The number of rotatable bonds is 7. The highest BCUT2D eigenvalue weighted by atomic mass is 16.2. The van der Waals surface area contributed by atoms with Crippen LogP contribution in [0.3, 0.4) is 0 Å². The van der Waals surface area contributed by atoms with Gasteiger partial charge in [0.2, 0.25) is 0 Å². The number of urea groups is 1. The number of hydrogen-bond acceptors (Lipinski definition) is 4. The maximum atomic E-state index is 13.5. The second-order valence-corrected chi connectivity index (χ2v) is 8.60. The number of anilines is 2. The Balaban J connectivity index is 1.54. The Hall–Kier alpha value is -4.15. The van der Waals surface area contributed by atoms with Crippen molar-refractivity contribution in [3.63, 3.8) is 0 Å². The molecule has 3 amide bonds. The summed E-state index contributed by atoms with van der Waals surface area (Å²) < 4.78 is 0. The van der Waals surface area contributed by atoms with Crippen LogP contribution in [0, 0.1) is 11.3 Å². The van der Waals surface area contributed by atoms with Gasteiger partial charge in [-0.3, -0.25) is 4.79 Å². The van der Waals surface area contributed by atoms with Crippen molar-refractivity contribution in [2.75, 3.05) is 23.7 Å². The van der Waals surface area contributed by atoms with Crippen molar-refractivity contribution < 1.29 is 9.59 Å². The molecule has 0 spiro atoms. The zero-order valence-electron chi connectivity index (χ0n) is 19.8. The summed E-state index contributed by atoms with van der Waals surface area (Å²) in [7, 11) is 0. The molecule has 178 valence electrons. The van der Waals surface area contributed by atoms with Gasteiger partial charge in [0, 0.05) is 23.5 Å². The summed E-state index contributed by atoms with van der Waals surface area (Å²) in [5, 5.41) is 14.8. The first-order valence-corrected chi connectivity index (χ1v) is 11.8. The lowest BCUT2D eigenvalue weighted by Gasteiger charge is -2.37. The van der Waals surface area contributed by atoms with Gasteiger partial charge >= 0.3 is 6.03 Å². The first-order valence-electron chi connectivity index (χ1n) is 11.8. The number of aryl methyl sites for hydroxylation is 1. The predicted octanol–water partition coefficient (Wildman–Crippen LogP) is 4.85. The van der Waals surface area contributed by atoms with Crippen LogP contribution in [0.4, 0.5) is 16.2 Å². The summed E-state index contributed by atoms with van der Waals surface area (Å²) in [6.45, 7) is 3.10. The number of amides is 3. The molecule has 1 aliphatic rings. The normalized spacial score (nSPS) is 14.7. The molecule has 0 fully saturated rings. The Morgan fingerprint density at radius 2 is 1.74 bits per heavy atom. The molecule has 4 rings (SSSR count). The minimum atomic E-state index is -0.368. The van der Waals surface area contributed by atoms with E-state index in [4.69, 9.17) is 11.0 Å². The Labute approximate surface area is 205 Å². The number of nitriles is 1. The van der Waals surface area contributed by atoms with Crippen molar-refractivity contribution in [2.45, 2.75) is 32.2 Å². The number of nitrogens with two attached hydrogens (primary N) is 1. The molecular formula is C28H29N5O2. The van der Waals surface area contributed by atoms with Crippen molar-refractivity contribution in [1.82, 2.24) is 4.90 Å². The summed E-state index contributed by atoms with van der Waals surface area (Å²) in [6.07, 6.45) is 2.27. The highest BCUT2D eigenvalue weighted by Crippen LogP contribution is 2.34. The van der Waals surface area contributed by atoms with E-state index in [9.17, 15) is 9.59 Å². The molecule has 0 radical (unpaired) electrons. The minimum Gasteiger partial charge on any atom is -0.331 e. The monoisotopic (exact) mass is 467 g/mol. The smallest absolute Gasteiger partial charge is 0.323 e. The molecule has 1 atom stereocenters. The Kier molecular flexibility index (Phi) is 7.44. The van der Waals surface area contributed by atoms with Gasteiger partial charge in [0.15, 0.2) is 0 Å². The van der Waals surface area contributed by atoms with Gasteiger partial charge in [0.1, 0.15) is 0 Å². The first kappa shape index (κ1) is 24.0. The van der Waals surface area contributed by atoms with Gasteiger partial charge in [-0.15, -0.1) is 0 Å². The second kappa shape index (κ2) is 10.9. The highest BCUT2D eigenvalue weighted by Gasteiger charge is 2.33. The number of fused-ring (bicyclic) bond motifs is 1. The van der Waals surface area contributed by atoms with Gasteiger partial charge < -0.3 is 21.3 Å². The largest absolute Gasteiger partial charge is 0.331 e. The van der Waals surface area contributed by atoms with Crippen molar-refractivity contribution in [1.29, 1.82) is 5.26 Å². The SMILES string of the molecule is CCc1ccc(NC(=O)Nc2ccc3c(c2)C(=O)N(CCCN)C(c2ccc(C#N)cc2)C3)cc1. The van der Waals surface area contributed by atoms with E-state index < -0.39 is 0 Å².